The van der Waals surface area contributed by atoms with Crippen molar-refractivity contribution >= 4 is 27.6 Å². The molecule has 0 unspecified atom stereocenters. The first-order valence-corrected chi connectivity index (χ1v) is 5.98. The third-order valence-electron chi connectivity index (χ3n) is 2.36. The summed E-state index contributed by atoms with van der Waals surface area (Å²) in [5, 5.41) is 0. The van der Waals surface area contributed by atoms with E-state index in [4.69, 9.17) is 5.73 Å². The zero-order chi connectivity index (χ0) is 12.3. The standard InChI is InChI=1S/C12H13BrN4/c1-17(12-15-6-10(14)7-16-12)8-9-4-2-3-5-11(9)13/h2-7H,8,14H2,1H3. The van der Waals surface area contributed by atoms with E-state index >= 15 is 0 Å². The Labute approximate surface area is 109 Å². The molecule has 88 valence electrons. The topological polar surface area (TPSA) is 55.0 Å². The molecule has 17 heavy (non-hydrogen) atoms. The molecular weight excluding hydrogens is 280 g/mol. The van der Waals surface area contributed by atoms with Crippen LogP contribution in [0.4, 0.5) is 11.6 Å². The second-order valence-electron chi connectivity index (χ2n) is 3.76. The van der Waals surface area contributed by atoms with Crippen molar-refractivity contribution in [3.63, 3.8) is 0 Å². The molecule has 0 bridgehead atoms. The Morgan fingerprint density at radius 2 is 1.88 bits per heavy atom. The molecule has 1 aromatic heterocycles. The minimum atomic E-state index is 0.572. The van der Waals surface area contributed by atoms with Gasteiger partial charge in [0, 0.05) is 18.1 Å². The van der Waals surface area contributed by atoms with Crippen LogP contribution < -0.4 is 10.6 Å². The molecule has 0 fully saturated rings. The Kier molecular flexibility index (Phi) is 3.58. The van der Waals surface area contributed by atoms with Crippen molar-refractivity contribution < 1.29 is 0 Å². The van der Waals surface area contributed by atoms with Gasteiger partial charge in [0.1, 0.15) is 0 Å². The average molecular weight is 293 g/mol. The number of nitrogens with two attached hydrogens (primary N) is 1. The van der Waals surface area contributed by atoms with Gasteiger partial charge in [0.25, 0.3) is 0 Å². The quantitative estimate of drug-likeness (QED) is 0.944. The summed E-state index contributed by atoms with van der Waals surface area (Å²) in [6, 6.07) is 8.09. The number of hydrogen-bond acceptors (Lipinski definition) is 4. The van der Waals surface area contributed by atoms with E-state index < -0.39 is 0 Å². The smallest absolute Gasteiger partial charge is 0.225 e. The monoisotopic (exact) mass is 292 g/mol. The van der Waals surface area contributed by atoms with Gasteiger partial charge >= 0.3 is 0 Å². The summed E-state index contributed by atoms with van der Waals surface area (Å²) in [5.41, 5.74) is 7.31. The van der Waals surface area contributed by atoms with E-state index in [0.29, 0.717) is 11.6 Å². The van der Waals surface area contributed by atoms with Crippen molar-refractivity contribution in [2.24, 2.45) is 0 Å². The zero-order valence-corrected chi connectivity index (χ0v) is 11.1. The number of nitrogen functional groups attached to an aromatic ring is 1. The zero-order valence-electron chi connectivity index (χ0n) is 9.47. The molecular formula is C12H13BrN4. The molecule has 1 heterocycles. The van der Waals surface area contributed by atoms with E-state index in [1.807, 2.05) is 30.1 Å². The van der Waals surface area contributed by atoms with Gasteiger partial charge in [0.05, 0.1) is 18.1 Å². The number of rotatable bonds is 3. The van der Waals surface area contributed by atoms with Crippen LogP contribution in [-0.4, -0.2) is 17.0 Å². The third-order valence-corrected chi connectivity index (χ3v) is 3.14. The fourth-order valence-corrected chi connectivity index (χ4v) is 1.89. The van der Waals surface area contributed by atoms with Crippen LogP contribution >= 0.6 is 15.9 Å². The molecule has 0 spiro atoms. The van der Waals surface area contributed by atoms with Crippen LogP contribution in [0.2, 0.25) is 0 Å². The minimum Gasteiger partial charge on any atom is -0.396 e. The lowest BCUT2D eigenvalue weighted by Crippen LogP contribution is -2.19. The normalized spacial score (nSPS) is 10.2. The van der Waals surface area contributed by atoms with Gasteiger partial charge in [-0.05, 0) is 11.6 Å². The highest BCUT2D eigenvalue weighted by molar-refractivity contribution is 9.10. The molecule has 0 amide bonds. The molecule has 0 saturated heterocycles. The first-order valence-electron chi connectivity index (χ1n) is 5.19. The Hall–Kier alpha value is -1.62. The highest BCUT2D eigenvalue weighted by atomic mass is 79.9. The van der Waals surface area contributed by atoms with E-state index in [1.165, 1.54) is 5.56 Å². The largest absolute Gasteiger partial charge is 0.396 e. The van der Waals surface area contributed by atoms with Gasteiger partial charge in [-0.2, -0.15) is 0 Å². The summed E-state index contributed by atoms with van der Waals surface area (Å²) in [7, 11) is 1.95. The second kappa shape index (κ2) is 5.14. The Morgan fingerprint density at radius 3 is 2.53 bits per heavy atom. The van der Waals surface area contributed by atoms with Crippen molar-refractivity contribution in [1.82, 2.24) is 9.97 Å². The van der Waals surface area contributed by atoms with E-state index in [-0.39, 0.29) is 0 Å². The SMILES string of the molecule is CN(Cc1ccccc1Br)c1ncc(N)cn1. The van der Waals surface area contributed by atoms with E-state index in [9.17, 15) is 0 Å². The summed E-state index contributed by atoms with van der Waals surface area (Å²) in [6.45, 7) is 0.741. The molecule has 1 aromatic carbocycles. The first kappa shape index (κ1) is 11.9. The average Bonchev–Trinajstić information content (AvgIpc) is 2.33. The van der Waals surface area contributed by atoms with Crippen molar-refractivity contribution in [1.29, 1.82) is 0 Å². The number of halogens is 1. The predicted molar refractivity (Wildman–Crippen MR) is 72.7 cm³/mol. The lowest BCUT2D eigenvalue weighted by molar-refractivity contribution is 0.864. The maximum Gasteiger partial charge on any atom is 0.225 e. The molecule has 0 atom stereocenters. The number of hydrogen-bond donors (Lipinski definition) is 1. The molecule has 0 aliphatic rings. The van der Waals surface area contributed by atoms with E-state index in [1.54, 1.807) is 12.4 Å². The summed E-state index contributed by atoms with van der Waals surface area (Å²) in [5.74, 6) is 0.662. The van der Waals surface area contributed by atoms with Gasteiger partial charge in [-0.3, -0.25) is 0 Å². The van der Waals surface area contributed by atoms with Crippen LogP contribution in [0.1, 0.15) is 5.56 Å². The molecule has 4 nitrogen and oxygen atoms in total. The number of benzene rings is 1. The first-order chi connectivity index (χ1) is 8.16. The van der Waals surface area contributed by atoms with Crippen LogP contribution in [0, 0.1) is 0 Å². The number of aromatic nitrogens is 2. The van der Waals surface area contributed by atoms with Gasteiger partial charge in [-0.1, -0.05) is 34.1 Å². The Bertz CT molecular complexity index is 498. The Morgan fingerprint density at radius 1 is 1.24 bits per heavy atom. The highest BCUT2D eigenvalue weighted by Gasteiger charge is 2.06. The summed E-state index contributed by atoms with van der Waals surface area (Å²) < 4.78 is 1.09. The molecule has 2 aromatic rings. The third kappa shape index (κ3) is 2.94. The predicted octanol–water partition coefficient (Wildman–Crippen LogP) is 2.46. The van der Waals surface area contributed by atoms with Crippen molar-refractivity contribution in [2.75, 3.05) is 17.7 Å². The van der Waals surface area contributed by atoms with Crippen molar-refractivity contribution in [3.05, 3.63) is 46.7 Å². The molecule has 0 radical (unpaired) electrons. The second-order valence-corrected chi connectivity index (χ2v) is 4.62. The number of nitrogens with zero attached hydrogens (tertiary/aromatic N) is 3. The number of anilines is 2. The minimum absolute atomic E-state index is 0.572. The van der Waals surface area contributed by atoms with Crippen molar-refractivity contribution in [3.8, 4) is 0 Å². The van der Waals surface area contributed by atoms with Crippen LogP contribution in [0.25, 0.3) is 0 Å². The summed E-state index contributed by atoms with van der Waals surface area (Å²) in [4.78, 5) is 10.3. The molecule has 5 heteroatoms. The van der Waals surface area contributed by atoms with Gasteiger partial charge in [-0.25, -0.2) is 9.97 Å². The molecule has 0 aliphatic carbocycles. The van der Waals surface area contributed by atoms with Crippen LogP contribution in [0.3, 0.4) is 0 Å². The maximum absolute atomic E-state index is 5.55. The molecule has 0 saturated carbocycles. The van der Waals surface area contributed by atoms with Crippen LogP contribution in [0.15, 0.2) is 41.1 Å². The van der Waals surface area contributed by atoms with Crippen LogP contribution in [0.5, 0.6) is 0 Å². The highest BCUT2D eigenvalue weighted by Crippen LogP contribution is 2.18. The lowest BCUT2D eigenvalue weighted by atomic mass is 10.2. The van der Waals surface area contributed by atoms with Gasteiger partial charge < -0.3 is 10.6 Å². The molecule has 0 aliphatic heterocycles. The van der Waals surface area contributed by atoms with Crippen LogP contribution in [-0.2, 0) is 6.54 Å². The maximum atomic E-state index is 5.55. The van der Waals surface area contributed by atoms with Gasteiger partial charge in [-0.15, -0.1) is 0 Å². The van der Waals surface area contributed by atoms with Gasteiger partial charge in [0.15, 0.2) is 0 Å². The van der Waals surface area contributed by atoms with E-state index in [2.05, 4.69) is 32.0 Å². The summed E-state index contributed by atoms with van der Waals surface area (Å²) in [6.07, 6.45) is 3.22. The fraction of sp³-hybridized carbons (Fsp3) is 0.167. The van der Waals surface area contributed by atoms with E-state index in [0.717, 1.165) is 11.0 Å². The fourth-order valence-electron chi connectivity index (χ4n) is 1.48. The Balaban J connectivity index is 2.14. The molecule has 2 rings (SSSR count). The lowest BCUT2D eigenvalue weighted by Gasteiger charge is -2.17. The van der Waals surface area contributed by atoms with Crippen molar-refractivity contribution in [2.45, 2.75) is 6.54 Å². The van der Waals surface area contributed by atoms with Gasteiger partial charge in [0.2, 0.25) is 5.95 Å². The summed E-state index contributed by atoms with van der Waals surface area (Å²) >= 11 is 3.52. The molecule has 2 N–H and O–H groups in total.